The van der Waals surface area contributed by atoms with E-state index in [1.54, 1.807) is 0 Å². The van der Waals surface area contributed by atoms with Crippen molar-refractivity contribution in [3.05, 3.63) is 29.6 Å². The van der Waals surface area contributed by atoms with E-state index in [0.29, 0.717) is 19.1 Å². The van der Waals surface area contributed by atoms with Gasteiger partial charge in [0.25, 0.3) is 0 Å². The Labute approximate surface area is 153 Å². The summed E-state index contributed by atoms with van der Waals surface area (Å²) in [5.41, 5.74) is 0.0635. The molecule has 2 aliphatic heterocycles. The molecule has 140 valence electrons. The number of hydrogen-bond donors (Lipinski definition) is 0. The second-order valence-electron chi connectivity index (χ2n) is 7.61. The fraction of sp³-hybridized carbons (Fsp3) is 0.611. The molecule has 1 aromatic rings. The van der Waals surface area contributed by atoms with Gasteiger partial charge in [0.05, 0.1) is 29.7 Å². The predicted molar refractivity (Wildman–Crippen MR) is 92.3 cm³/mol. The molecule has 1 aromatic carbocycles. The Morgan fingerprint density at radius 1 is 1.23 bits per heavy atom. The molecule has 1 aliphatic carbocycles. The maximum Gasteiger partial charge on any atom is 0.243 e. The fourth-order valence-electron chi connectivity index (χ4n) is 4.52. The average molecular weight is 379 g/mol. The zero-order chi connectivity index (χ0) is 18.4. The van der Waals surface area contributed by atoms with Crippen LogP contribution in [0.2, 0.25) is 0 Å². The van der Waals surface area contributed by atoms with Crippen molar-refractivity contribution in [2.45, 2.75) is 30.2 Å². The summed E-state index contributed by atoms with van der Waals surface area (Å²) in [7, 11) is -3.75. The summed E-state index contributed by atoms with van der Waals surface area (Å²) >= 11 is 0. The van der Waals surface area contributed by atoms with Gasteiger partial charge in [-0.1, -0.05) is 0 Å². The minimum atomic E-state index is -3.75. The Bertz CT molecular complexity index is 840. The van der Waals surface area contributed by atoms with Crippen LogP contribution in [0.5, 0.6) is 0 Å². The molecule has 0 unspecified atom stereocenters. The molecule has 0 aromatic heterocycles. The standard InChI is InChI=1S/C18H22FN3O3S/c19-15-7-14(11-20)8-17(9-15)26(23,24)22-12-18(13-22)2-1-16(10-18)21-3-5-25-6-4-21/h7-9,16H,1-6,10,12-13H2/t16-/m0/s1. The van der Waals surface area contributed by atoms with Crippen molar-refractivity contribution >= 4 is 10.0 Å². The van der Waals surface area contributed by atoms with Gasteiger partial charge in [-0.15, -0.1) is 0 Å². The minimum Gasteiger partial charge on any atom is -0.379 e. The van der Waals surface area contributed by atoms with Crippen LogP contribution in [-0.2, 0) is 14.8 Å². The maximum absolute atomic E-state index is 13.6. The monoisotopic (exact) mass is 379 g/mol. The largest absolute Gasteiger partial charge is 0.379 e. The van der Waals surface area contributed by atoms with Gasteiger partial charge >= 0.3 is 0 Å². The smallest absolute Gasteiger partial charge is 0.243 e. The highest BCUT2D eigenvalue weighted by molar-refractivity contribution is 7.89. The number of nitrogens with zero attached hydrogens (tertiary/aromatic N) is 3. The van der Waals surface area contributed by atoms with Gasteiger partial charge in [-0.25, -0.2) is 12.8 Å². The highest BCUT2D eigenvalue weighted by Gasteiger charge is 2.52. The van der Waals surface area contributed by atoms with Crippen LogP contribution in [-0.4, -0.2) is 63.1 Å². The van der Waals surface area contributed by atoms with Gasteiger partial charge in [-0.2, -0.15) is 9.57 Å². The molecule has 0 bridgehead atoms. The Kier molecular flexibility index (Phi) is 4.51. The van der Waals surface area contributed by atoms with E-state index in [1.807, 2.05) is 6.07 Å². The molecule has 26 heavy (non-hydrogen) atoms. The number of rotatable bonds is 3. The van der Waals surface area contributed by atoms with E-state index >= 15 is 0 Å². The quantitative estimate of drug-likeness (QED) is 0.797. The van der Waals surface area contributed by atoms with Crippen molar-refractivity contribution in [2.24, 2.45) is 5.41 Å². The second kappa shape index (κ2) is 6.57. The number of sulfonamides is 1. The summed E-state index contributed by atoms with van der Waals surface area (Å²) < 4.78 is 46.0. The highest BCUT2D eigenvalue weighted by Crippen LogP contribution is 2.48. The maximum atomic E-state index is 13.6. The van der Waals surface area contributed by atoms with E-state index in [2.05, 4.69) is 4.90 Å². The summed E-state index contributed by atoms with van der Waals surface area (Å²) in [5, 5.41) is 8.94. The number of ether oxygens (including phenoxy) is 1. The topological polar surface area (TPSA) is 73.6 Å². The van der Waals surface area contributed by atoms with Gasteiger partial charge in [-0.3, -0.25) is 4.90 Å². The van der Waals surface area contributed by atoms with Gasteiger partial charge < -0.3 is 4.74 Å². The van der Waals surface area contributed by atoms with Crippen LogP contribution < -0.4 is 0 Å². The molecule has 2 heterocycles. The summed E-state index contributed by atoms with van der Waals surface area (Å²) in [4.78, 5) is 2.33. The first-order valence-electron chi connectivity index (χ1n) is 8.95. The van der Waals surface area contributed by atoms with Crippen molar-refractivity contribution in [1.29, 1.82) is 5.26 Å². The normalized spacial score (nSPS) is 26.5. The molecule has 3 fully saturated rings. The lowest BCUT2D eigenvalue weighted by molar-refractivity contribution is 0.00815. The fourth-order valence-corrected chi connectivity index (χ4v) is 6.24. The first kappa shape index (κ1) is 17.9. The molecular weight excluding hydrogens is 357 g/mol. The summed E-state index contributed by atoms with van der Waals surface area (Å²) in [6.45, 7) is 4.39. The lowest BCUT2D eigenvalue weighted by Gasteiger charge is -2.47. The Balaban J connectivity index is 1.44. The highest BCUT2D eigenvalue weighted by atomic mass is 32.2. The SMILES string of the molecule is N#Cc1cc(F)cc(S(=O)(=O)N2CC3(CC[C@H](N4CCOCC4)C3)C2)c1. The molecule has 6 nitrogen and oxygen atoms in total. The molecule has 3 aliphatic rings. The zero-order valence-corrected chi connectivity index (χ0v) is 15.3. The van der Waals surface area contributed by atoms with Crippen LogP contribution in [0.1, 0.15) is 24.8 Å². The first-order valence-corrected chi connectivity index (χ1v) is 10.4. The van der Waals surface area contributed by atoms with Crippen molar-refractivity contribution in [3.8, 4) is 6.07 Å². The van der Waals surface area contributed by atoms with E-state index in [1.165, 1.54) is 10.4 Å². The Morgan fingerprint density at radius 3 is 2.65 bits per heavy atom. The van der Waals surface area contributed by atoms with Crippen molar-refractivity contribution in [3.63, 3.8) is 0 Å². The first-order chi connectivity index (χ1) is 12.4. The van der Waals surface area contributed by atoms with E-state index < -0.39 is 15.8 Å². The van der Waals surface area contributed by atoms with E-state index in [-0.39, 0.29) is 15.9 Å². The van der Waals surface area contributed by atoms with Gasteiger partial charge in [0, 0.05) is 32.2 Å². The molecule has 8 heteroatoms. The molecule has 1 atom stereocenters. The van der Waals surface area contributed by atoms with Crippen LogP contribution in [0.3, 0.4) is 0 Å². The molecular formula is C18H22FN3O3S. The van der Waals surface area contributed by atoms with Crippen LogP contribution in [0.25, 0.3) is 0 Å². The van der Waals surface area contributed by atoms with Gasteiger partial charge in [-0.05, 0) is 42.9 Å². The molecule has 1 spiro atoms. The number of morpholine rings is 1. The minimum absolute atomic E-state index is 0.0204. The van der Waals surface area contributed by atoms with Crippen molar-refractivity contribution < 1.29 is 17.5 Å². The van der Waals surface area contributed by atoms with Crippen LogP contribution >= 0.6 is 0 Å². The van der Waals surface area contributed by atoms with Gasteiger partial charge in [0.2, 0.25) is 10.0 Å². The zero-order valence-electron chi connectivity index (χ0n) is 14.5. The number of benzene rings is 1. The average Bonchev–Trinajstić information content (AvgIpc) is 3.06. The van der Waals surface area contributed by atoms with Crippen LogP contribution in [0.15, 0.2) is 23.1 Å². The third-order valence-corrected chi connectivity index (χ3v) is 7.67. The number of halogens is 1. The third kappa shape index (κ3) is 3.14. The van der Waals surface area contributed by atoms with Crippen molar-refractivity contribution in [2.75, 3.05) is 39.4 Å². The predicted octanol–water partition coefficient (Wildman–Crippen LogP) is 1.57. The molecule has 2 saturated heterocycles. The second-order valence-corrected chi connectivity index (χ2v) is 9.54. The summed E-state index contributed by atoms with van der Waals surface area (Å²) in [6.07, 6.45) is 3.12. The van der Waals surface area contributed by atoms with E-state index in [0.717, 1.165) is 57.7 Å². The van der Waals surface area contributed by atoms with Crippen LogP contribution in [0, 0.1) is 22.6 Å². The lowest BCUT2D eigenvalue weighted by atomic mass is 9.80. The lowest BCUT2D eigenvalue weighted by Crippen LogP contribution is -2.57. The summed E-state index contributed by atoms with van der Waals surface area (Å²) in [5.74, 6) is -0.703. The molecule has 0 amide bonds. The molecule has 4 rings (SSSR count). The van der Waals surface area contributed by atoms with Gasteiger partial charge in [0.1, 0.15) is 5.82 Å². The molecule has 0 N–H and O–H groups in total. The Hall–Kier alpha value is -1.53. The summed E-state index contributed by atoms with van der Waals surface area (Å²) in [6, 6.07) is 5.59. The molecule has 1 saturated carbocycles. The van der Waals surface area contributed by atoms with Crippen molar-refractivity contribution in [1.82, 2.24) is 9.21 Å². The molecule has 0 radical (unpaired) electrons. The Morgan fingerprint density at radius 2 is 1.96 bits per heavy atom. The number of nitriles is 1. The third-order valence-electron chi connectivity index (χ3n) is 5.90. The van der Waals surface area contributed by atoms with E-state index in [4.69, 9.17) is 10.00 Å². The van der Waals surface area contributed by atoms with Crippen LogP contribution in [0.4, 0.5) is 4.39 Å². The number of hydrogen-bond acceptors (Lipinski definition) is 5. The van der Waals surface area contributed by atoms with Gasteiger partial charge in [0.15, 0.2) is 0 Å². The van der Waals surface area contributed by atoms with E-state index in [9.17, 15) is 12.8 Å².